The van der Waals surface area contributed by atoms with Crippen molar-refractivity contribution < 1.29 is 9.47 Å². The maximum Gasteiger partial charge on any atom is 0.191 e. The monoisotopic (exact) mass is 444 g/mol. The van der Waals surface area contributed by atoms with Crippen LogP contribution >= 0.6 is 24.0 Å². The van der Waals surface area contributed by atoms with Crippen molar-refractivity contribution in [1.29, 1.82) is 0 Å². The third-order valence-corrected chi connectivity index (χ3v) is 3.61. The van der Waals surface area contributed by atoms with Gasteiger partial charge in [-0.15, -0.1) is 24.0 Å². The number of hydrogen-bond donors (Lipinski definition) is 2. The van der Waals surface area contributed by atoms with Gasteiger partial charge in [0.15, 0.2) is 11.8 Å². The molecule has 1 saturated heterocycles. The summed E-state index contributed by atoms with van der Waals surface area (Å²) in [6, 6.07) is 7.58. The Balaban J connectivity index is 0.00000208. The fourth-order valence-corrected chi connectivity index (χ4v) is 2.28. The van der Waals surface area contributed by atoms with Crippen molar-refractivity contribution in [1.82, 2.24) is 20.1 Å². The number of aliphatic imine (C=N–C) groups is 1. The maximum atomic E-state index is 5.99. The van der Waals surface area contributed by atoms with Gasteiger partial charge in [-0.25, -0.2) is 9.98 Å². The molecule has 0 radical (unpaired) electrons. The number of hydrogen-bond acceptors (Lipinski definition) is 5. The molecule has 8 nitrogen and oxygen atoms in total. The van der Waals surface area contributed by atoms with Crippen molar-refractivity contribution in [2.24, 2.45) is 10.7 Å². The Hall–Kier alpha value is -1.88. The summed E-state index contributed by atoms with van der Waals surface area (Å²) in [5, 5.41) is 7.10. The highest BCUT2D eigenvalue weighted by molar-refractivity contribution is 14.0. The molecule has 130 valence electrons. The van der Waals surface area contributed by atoms with E-state index in [2.05, 4.69) is 20.2 Å². The van der Waals surface area contributed by atoms with Crippen LogP contribution in [0.1, 0.15) is 5.82 Å². The number of aromatic amines is 1. The Morgan fingerprint density at radius 2 is 2.04 bits per heavy atom. The van der Waals surface area contributed by atoms with E-state index < -0.39 is 0 Å². The summed E-state index contributed by atoms with van der Waals surface area (Å²) in [5.74, 6) is 2.61. The van der Waals surface area contributed by atoms with E-state index in [1.807, 2.05) is 29.2 Å². The smallest absolute Gasteiger partial charge is 0.191 e. The quantitative estimate of drug-likeness (QED) is 0.418. The molecule has 0 saturated carbocycles. The predicted molar refractivity (Wildman–Crippen MR) is 102 cm³/mol. The Morgan fingerprint density at radius 3 is 2.71 bits per heavy atom. The lowest BCUT2D eigenvalue weighted by atomic mass is 10.2. The molecule has 0 spiro atoms. The molecule has 0 aliphatic carbocycles. The summed E-state index contributed by atoms with van der Waals surface area (Å²) in [7, 11) is 1.64. The number of rotatable bonds is 4. The fraction of sp³-hybridized carbons (Fsp3) is 0.400. The van der Waals surface area contributed by atoms with Crippen molar-refractivity contribution in [3.63, 3.8) is 0 Å². The van der Waals surface area contributed by atoms with Gasteiger partial charge in [-0.3, -0.25) is 5.10 Å². The van der Waals surface area contributed by atoms with Crippen LogP contribution in [0.3, 0.4) is 0 Å². The van der Waals surface area contributed by atoms with Gasteiger partial charge in [-0.05, 0) is 24.3 Å². The first kappa shape index (κ1) is 18.5. The van der Waals surface area contributed by atoms with E-state index in [4.69, 9.17) is 15.2 Å². The minimum absolute atomic E-state index is 0. The number of ether oxygens (including phenoxy) is 2. The van der Waals surface area contributed by atoms with E-state index in [1.54, 1.807) is 7.11 Å². The zero-order valence-electron chi connectivity index (χ0n) is 13.4. The number of halogens is 1. The molecule has 0 unspecified atom stereocenters. The highest BCUT2D eigenvalue weighted by Crippen LogP contribution is 2.19. The molecule has 3 rings (SSSR count). The number of morpholine rings is 1. The first-order valence-electron chi connectivity index (χ1n) is 7.44. The number of H-pyrrole nitrogens is 1. The van der Waals surface area contributed by atoms with Crippen LogP contribution in [0.4, 0.5) is 0 Å². The standard InChI is InChI=1S/C15H20N6O2.HI/c1-22-12-4-2-11(3-5-12)14-18-13(19-20-14)10-17-15(16)21-6-8-23-9-7-21;/h2-5H,6-10H2,1H3,(H2,16,17)(H,18,19,20);1H. The molecule has 1 aromatic carbocycles. The second-order valence-corrected chi connectivity index (χ2v) is 5.11. The van der Waals surface area contributed by atoms with Gasteiger partial charge in [0.2, 0.25) is 0 Å². The number of nitrogens with one attached hydrogen (secondary N) is 1. The molecule has 24 heavy (non-hydrogen) atoms. The minimum atomic E-state index is 0. The highest BCUT2D eigenvalue weighted by atomic mass is 127. The number of nitrogens with two attached hydrogens (primary N) is 1. The fourth-order valence-electron chi connectivity index (χ4n) is 2.28. The van der Waals surface area contributed by atoms with Crippen LogP contribution in [-0.4, -0.2) is 59.5 Å². The van der Waals surface area contributed by atoms with Gasteiger partial charge < -0.3 is 20.1 Å². The van der Waals surface area contributed by atoms with E-state index >= 15 is 0 Å². The summed E-state index contributed by atoms with van der Waals surface area (Å²) >= 11 is 0. The Kier molecular flexibility index (Phi) is 6.79. The van der Waals surface area contributed by atoms with Crippen molar-refractivity contribution in [3.05, 3.63) is 30.1 Å². The van der Waals surface area contributed by atoms with E-state index in [9.17, 15) is 0 Å². The van der Waals surface area contributed by atoms with Crippen LogP contribution in [0.15, 0.2) is 29.3 Å². The van der Waals surface area contributed by atoms with E-state index in [0.717, 1.165) is 24.4 Å². The summed E-state index contributed by atoms with van der Waals surface area (Å²) in [6.45, 7) is 3.26. The van der Waals surface area contributed by atoms with Crippen LogP contribution in [0.2, 0.25) is 0 Å². The summed E-state index contributed by atoms with van der Waals surface area (Å²) in [6.07, 6.45) is 0. The second kappa shape index (κ2) is 8.83. The van der Waals surface area contributed by atoms with Gasteiger partial charge in [-0.1, -0.05) is 0 Å². The summed E-state index contributed by atoms with van der Waals surface area (Å²) in [5.41, 5.74) is 6.91. The molecule has 1 aliphatic rings. The summed E-state index contributed by atoms with van der Waals surface area (Å²) < 4.78 is 10.4. The van der Waals surface area contributed by atoms with E-state index in [1.165, 1.54) is 0 Å². The minimum Gasteiger partial charge on any atom is -0.497 e. The lowest BCUT2D eigenvalue weighted by molar-refractivity contribution is 0.0674. The SMILES string of the molecule is COc1ccc(-c2n[nH]c(CN=C(N)N3CCOCC3)n2)cc1.I. The van der Waals surface area contributed by atoms with Crippen LogP contribution in [0.5, 0.6) is 5.75 Å². The molecule has 1 aromatic heterocycles. The average molecular weight is 444 g/mol. The van der Waals surface area contributed by atoms with Gasteiger partial charge >= 0.3 is 0 Å². The van der Waals surface area contributed by atoms with Crippen LogP contribution in [0, 0.1) is 0 Å². The van der Waals surface area contributed by atoms with E-state index in [-0.39, 0.29) is 24.0 Å². The molecule has 2 aromatic rings. The third kappa shape index (κ3) is 4.57. The average Bonchev–Trinajstić information content (AvgIpc) is 3.09. The second-order valence-electron chi connectivity index (χ2n) is 5.11. The molecule has 1 aliphatic heterocycles. The lowest BCUT2D eigenvalue weighted by Gasteiger charge is -2.27. The van der Waals surface area contributed by atoms with Crippen molar-refractivity contribution in [2.75, 3.05) is 33.4 Å². The number of methoxy groups -OCH3 is 1. The molecule has 9 heteroatoms. The van der Waals surface area contributed by atoms with Gasteiger partial charge in [-0.2, -0.15) is 5.10 Å². The number of benzene rings is 1. The number of guanidine groups is 1. The Bertz CT molecular complexity index is 667. The highest BCUT2D eigenvalue weighted by Gasteiger charge is 2.12. The van der Waals surface area contributed by atoms with Gasteiger partial charge in [0, 0.05) is 18.7 Å². The largest absolute Gasteiger partial charge is 0.497 e. The normalized spacial score (nSPS) is 15.0. The molecular weight excluding hydrogens is 423 g/mol. The van der Waals surface area contributed by atoms with Crippen LogP contribution in [-0.2, 0) is 11.3 Å². The van der Waals surface area contributed by atoms with E-state index in [0.29, 0.717) is 37.4 Å². The Labute approximate surface area is 157 Å². The van der Waals surface area contributed by atoms with Crippen molar-refractivity contribution >= 4 is 29.9 Å². The van der Waals surface area contributed by atoms with Crippen molar-refractivity contribution in [3.8, 4) is 17.1 Å². The van der Waals surface area contributed by atoms with Gasteiger partial charge in [0.25, 0.3) is 0 Å². The third-order valence-electron chi connectivity index (χ3n) is 3.61. The molecular formula is C15H21IN6O2. The molecule has 0 bridgehead atoms. The maximum absolute atomic E-state index is 5.99. The van der Waals surface area contributed by atoms with Gasteiger partial charge in [0.05, 0.1) is 20.3 Å². The first-order valence-corrected chi connectivity index (χ1v) is 7.44. The first-order chi connectivity index (χ1) is 11.3. The molecule has 1 fully saturated rings. The molecule has 3 N–H and O–H groups in total. The summed E-state index contributed by atoms with van der Waals surface area (Å²) in [4.78, 5) is 10.8. The van der Waals surface area contributed by atoms with Crippen molar-refractivity contribution in [2.45, 2.75) is 6.54 Å². The topological polar surface area (TPSA) is 102 Å². The Morgan fingerprint density at radius 1 is 1.33 bits per heavy atom. The lowest BCUT2D eigenvalue weighted by Crippen LogP contribution is -2.44. The van der Waals surface area contributed by atoms with Crippen LogP contribution in [0.25, 0.3) is 11.4 Å². The number of aromatic nitrogens is 3. The van der Waals surface area contributed by atoms with Crippen LogP contribution < -0.4 is 10.5 Å². The zero-order valence-corrected chi connectivity index (χ0v) is 15.8. The van der Waals surface area contributed by atoms with Gasteiger partial charge in [0.1, 0.15) is 18.1 Å². The number of nitrogens with zero attached hydrogens (tertiary/aromatic N) is 4. The molecule has 0 amide bonds. The molecule has 2 heterocycles. The predicted octanol–water partition coefficient (Wildman–Crippen LogP) is 1.25. The zero-order chi connectivity index (χ0) is 16.1. The molecule has 0 atom stereocenters.